The molecule has 0 saturated heterocycles. The maximum Gasteiger partial charge on any atom is 0.229 e. The van der Waals surface area contributed by atoms with E-state index in [1.54, 1.807) is 24.7 Å². The predicted octanol–water partition coefficient (Wildman–Crippen LogP) is 4.37. The van der Waals surface area contributed by atoms with E-state index in [9.17, 15) is 4.79 Å². The SMILES string of the molecule is CCc1ccc(-c2ccc(C(C(N)=O)c3cccnc3)c(NCCc3ccccn3)n2)cc1. The van der Waals surface area contributed by atoms with Gasteiger partial charge in [-0.2, -0.15) is 0 Å². The van der Waals surface area contributed by atoms with Crippen LogP contribution in [0.1, 0.15) is 35.2 Å². The fourth-order valence-electron chi connectivity index (χ4n) is 3.82. The molecule has 1 amide bonds. The van der Waals surface area contributed by atoms with Gasteiger partial charge in [-0.3, -0.25) is 14.8 Å². The van der Waals surface area contributed by atoms with Crippen molar-refractivity contribution in [3.63, 3.8) is 0 Å². The molecule has 0 bridgehead atoms. The minimum atomic E-state index is -0.653. The largest absolute Gasteiger partial charge is 0.369 e. The van der Waals surface area contributed by atoms with Crippen molar-refractivity contribution in [2.75, 3.05) is 11.9 Å². The molecule has 0 fully saturated rings. The van der Waals surface area contributed by atoms with E-state index < -0.39 is 11.8 Å². The highest BCUT2D eigenvalue weighted by atomic mass is 16.1. The second-order valence-electron chi connectivity index (χ2n) is 7.80. The Morgan fingerprint density at radius 2 is 1.85 bits per heavy atom. The van der Waals surface area contributed by atoms with Crippen molar-refractivity contribution in [3.8, 4) is 11.3 Å². The Labute approximate surface area is 194 Å². The summed E-state index contributed by atoms with van der Waals surface area (Å²) in [5, 5.41) is 3.42. The smallest absolute Gasteiger partial charge is 0.229 e. The van der Waals surface area contributed by atoms with Crippen LogP contribution in [0.4, 0.5) is 5.82 Å². The lowest BCUT2D eigenvalue weighted by Gasteiger charge is -2.19. The van der Waals surface area contributed by atoms with Gasteiger partial charge >= 0.3 is 0 Å². The fourth-order valence-corrected chi connectivity index (χ4v) is 3.82. The lowest BCUT2D eigenvalue weighted by atomic mass is 9.91. The molecular weight excluding hydrogens is 410 g/mol. The van der Waals surface area contributed by atoms with Gasteiger partial charge in [-0.1, -0.05) is 49.4 Å². The Morgan fingerprint density at radius 3 is 2.52 bits per heavy atom. The first-order chi connectivity index (χ1) is 16.2. The van der Waals surface area contributed by atoms with Crippen molar-refractivity contribution in [3.05, 3.63) is 108 Å². The Hall–Kier alpha value is -4.06. The van der Waals surface area contributed by atoms with Gasteiger partial charge in [0.25, 0.3) is 0 Å². The first kappa shape index (κ1) is 22.1. The number of anilines is 1. The van der Waals surface area contributed by atoms with Crippen molar-refractivity contribution in [1.29, 1.82) is 0 Å². The number of hydrogen-bond acceptors (Lipinski definition) is 5. The maximum absolute atomic E-state index is 12.5. The van der Waals surface area contributed by atoms with Crippen LogP contribution in [-0.4, -0.2) is 27.4 Å². The predicted molar refractivity (Wildman–Crippen MR) is 131 cm³/mol. The van der Waals surface area contributed by atoms with Crippen molar-refractivity contribution in [1.82, 2.24) is 15.0 Å². The molecule has 3 aromatic heterocycles. The van der Waals surface area contributed by atoms with Crippen LogP contribution in [0.2, 0.25) is 0 Å². The quantitative estimate of drug-likeness (QED) is 0.405. The molecule has 0 aliphatic carbocycles. The van der Waals surface area contributed by atoms with E-state index >= 15 is 0 Å². The molecule has 3 heterocycles. The highest BCUT2D eigenvalue weighted by Gasteiger charge is 2.24. The molecule has 6 heteroatoms. The van der Waals surface area contributed by atoms with E-state index in [1.807, 2.05) is 36.4 Å². The van der Waals surface area contributed by atoms with E-state index in [-0.39, 0.29) is 0 Å². The van der Waals surface area contributed by atoms with Crippen LogP contribution < -0.4 is 11.1 Å². The lowest BCUT2D eigenvalue weighted by Crippen LogP contribution is -2.24. The van der Waals surface area contributed by atoms with Crippen molar-refractivity contribution < 1.29 is 4.79 Å². The summed E-state index contributed by atoms with van der Waals surface area (Å²) in [6, 6.07) is 21.8. The number of nitrogens with one attached hydrogen (secondary N) is 1. The van der Waals surface area contributed by atoms with Crippen molar-refractivity contribution >= 4 is 11.7 Å². The average Bonchev–Trinajstić information content (AvgIpc) is 2.86. The molecule has 6 nitrogen and oxygen atoms in total. The van der Waals surface area contributed by atoms with E-state index in [2.05, 4.69) is 46.5 Å². The number of benzene rings is 1. The van der Waals surface area contributed by atoms with Gasteiger partial charge in [0, 0.05) is 48.4 Å². The zero-order valence-corrected chi connectivity index (χ0v) is 18.6. The molecule has 0 aliphatic rings. The number of nitrogens with two attached hydrogens (primary N) is 1. The fraction of sp³-hybridized carbons (Fsp3) is 0.185. The Morgan fingerprint density at radius 1 is 1.00 bits per heavy atom. The van der Waals surface area contributed by atoms with E-state index in [0.717, 1.165) is 40.9 Å². The molecule has 0 spiro atoms. The lowest BCUT2D eigenvalue weighted by molar-refractivity contribution is -0.118. The summed E-state index contributed by atoms with van der Waals surface area (Å²) < 4.78 is 0. The average molecular weight is 438 g/mol. The summed E-state index contributed by atoms with van der Waals surface area (Å²) in [6.45, 7) is 2.75. The molecule has 3 N–H and O–H groups in total. The standard InChI is InChI=1S/C27H27N5O/c1-2-19-8-10-20(11-9-19)24-13-12-23(25(26(28)33)21-6-5-15-29-18-21)27(32-24)31-17-14-22-7-3-4-16-30-22/h3-13,15-16,18,25H,2,14,17H2,1H3,(H2,28,33)(H,31,32). The molecular formula is C27H27N5O. The summed E-state index contributed by atoms with van der Waals surface area (Å²) in [7, 11) is 0. The highest BCUT2D eigenvalue weighted by molar-refractivity contribution is 5.87. The topological polar surface area (TPSA) is 93.8 Å². The number of rotatable bonds is 9. The number of aryl methyl sites for hydroxylation is 1. The van der Waals surface area contributed by atoms with Crippen LogP contribution in [0.3, 0.4) is 0 Å². The number of aromatic nitrogens is 3. The van der Waals surface area contributed by atoms with E-state index in [1.165, 1.54) is 5.56 Å². The van der Waals surface area contributed by atoms with Crippen LogP contribution in [0.5, 0.6) is 0 Å². The van der Waals surface area contributed by atoms with Crippen LogP contribution in [0, 0.1) is 0 Å². The van der Waals surface area contributed by atoms with Gasteiger partial charge < -0.3 is 11.1 Å². The van der Waals surface area contributed by atoms with Gasteiger partial charge in [0.15, 0.2) is 0 Å². The van der Waals surface area contributed by atoms with Gasteiger partial charge in [0.1, 0.15) is 5.82 Å². The third-order valence-electron chi connectivity index (χ3n) is 5.60. The highest BCUT2D eigenvalue weighted by Crippen LogP contribution is 2.31. The molecule has 1 unspecified atom stereocenters. The van der Waals surface area contributed by atoms with Crippen molar-refractivity contribution in [2.45, 2.75) is 25.7 Å². The second kappa shape index (κ2) is 10.5. The van der Waals surface area contributed by atoms with Gasteiger partial charge in [0.2, 0.25) is 5.91 Å². The summed E-state index contributed by atoms with van der Waals surface area (Å²) in [5.74, 6) is -0.464. The number of carbonyl (C=O) groups is 1. The number of hydrogen-bond donors (Lipinski definition) is 2. The van der Waals surface area contributed by atoms with Gasteiger partial charge in [-0.25, -0.2) is 4.98 Å². The van der Waals surface area contributed by atoms with Crippen molar-refractivity contribution in [2.24, 2.45) is 5.73 Å². The first-order valence-electron chi connectivity index (χ1n) is 11.1. The zero-order valence-electron chi connectivity index (χ0n) is 18.6. The summed E-state index contributed by atoms with van der Waals surface area (Å²) in [5.41, 5.74) is 11.4. The van der Waals surface area contributed by atoms with Crippen LogP contribution >= 0.6 is 0 Å². The molecule has 0 saturated carbocycles. The summed E-state index contributed by atoms with van der Waals surface area (Å²) in [4.78, 5) is 26.0. The zero-order chi connectivity index (χ0) is 23.0. The van der Waals surface area contributed by atoms with Gasteiger partial charge in [0.05, 0.1) is 11.6 Å². The van der Waals surface area contributed by atoms with Gasteiger partial charge in [-0.05, 0) is 41.8 Å². The first-order valence-corrected chi connectivity index (χ1v) is 11.1. The normalized spacial score (nSPS) is 11.7. The molecule has 33 heavy (non-hydrogen) atoms. The molecule has 0 radical (unpaired) electrons. The Balaban J connectivity index is 1.69. The number of amides is 1. The van der Waals surface area contributed by atoms with Crippen LogP contribution in [0.25, 0.3) is 11.3 Å². The number of carbonyl (C=O) groups excluding carboxylic acids is 1. The molecule has 4 rings (SSSR count). The van der Waals surface area contributed by atoms with E-state index in [0.29, 0.717) is 12.4 Å². The molecule has 166 valence electrons. The molecule has 1 atom stereocenters. The third-order valence-corrected chi connectivity index (χ3v) is 5.60. The van der Waals surface area contributed by atoms with Gasteiger partial charge in [-0.15, -0.1) is 0 Å². The summed E-state index contributed by atoms with van der Waals surface area (Å²) >= 11 is 0. The minimum absolute atomic E-state index is 0.447. The molecule has 0 aliphatic heterocycles. The monoisotopic (exact) mass is 437 g/mol. The third kappa shape index (κ3) is 5.41. The second-order valence-corrected chi connectivity index (χ2v) is 7.80. The molecule has 1 aromatic carbocycles. The minimum Gasteiger partial charge on any atom is -0.369 e. The summed E-state index contributed by atoms with van der Waals surface area (Å²) in [6.07, 6.45) is 6.84. The maximum atomic E-state index is 12.5. The number of nitrogens with zero attached hydrogens (tertiary/aromatic N) is 3. The molecule has 4 aromatic rings. The van der Waals surface area contributed by atoms with E-state index in [4.69, 9.17) is 10.7 Å². The van der Waals surface area contributed by atoms with Crippen LogP contribution in [-0.2, 0) is 17.6 Å². The number of primary amides is 1. The van der Waals surface area contributed by atoms with Crippen LogP contribution in [0.15, 0.2) is 85.3 Å². The Bertz CT molecular complexity index is 1190. The number of pyridine rings is 3. The Kier molecular flexibility index (Phi) is 7.05.